The minimum absolute atomic E-state index is 0.0812. The number of nitrogens with zero attached hydrogens (tertiary/aromatic N) is 5. The topological polar surface area (TPSA) is 221 Å². The third kappa shape index (κ3) is 19.0. The molecule has 0 fully saturated rings. The zero-order valence-corrected chi connectivity index (χ0v) is 42.6. The number of amides is 8. The van der Waals surface area contributed by atoms with Gasteiger partial charge in [-0.05, 0) is 84.2 Å². The van der Waals surface area contributed by atoms with E-state index in [1.54, 1.807) is 20.9 Å². The number of likely N-dealkylation sites (N-methyl/N-ethyl adjacent to an activating group) is 5. The summed E-state index contributed by atoms with van der Waals surface area (Å²) in [5, 5.41) is 21.7. The average molecular weight is 910 g/mol. The van der Waals surface area contributed by atoms with Gasteiger partial charge in [0, 0.05) is 54.6 Å². The van der Waals surface area contributed by atoms with E-state index in [-0.39, 0.29) is 42.9 Å². The molecule has 0 radical (unpaired) electrons. The second kappa shape index (κ2) is 27.9. The minimum atomic E-state index is -1.42. The molecule has 0 spiro atoms. The Bertz CT molecular complexity index is 1550. The molecule has 0 aliphatic heterocycles. The second-order valence-electron chi connectivity index (χ2n) is 19.1. The lowest BCUT2D eigenvalue weighted by atomic mass is 9.95. The van der Waals surface area contributed by atoms with Crippen molar-refractivity contribution in [3.8, 4) is 0 Å². The molecule has 0 saturated heterocycles. The Kier molecular flexibility index (Phi) is 26.0. The molecule has 0 aromatic carbocycles. The van der Waals surface area contributed by atoms with Crippen molar-refractivity contribution >= 4 is 47.3 Å². The van der Waals surface area contributed by atoms with E-state index in [9.17, 15) is 43.5 Å². The van der Waals surface area contributed by atoms with Crippen LogP contribution in [0, 0.1) is 17.8 Å². The Labute approximate surface area is 384 Å². The van der Waals surface area contributed by atoms with Crippen molar-refractivity contribution in [3.63, 3.8) is 0 Å². The average Bonchev–Trinajstić information content (AvgIpc) is 3.21. The van der Waals surface area contributed by atoms with Gasteiger partial charge < -0.3 is 50.9 Å². The molecule has 370 valence electrons. The predicted molar refractivity (Wildman–Crippen MR) is 249 cm³/mol. The molecule has 7 atom stereocenters. The van der Waals surface area contributed by atoms with E-state index in [4.69, 9.17) is 0 Å². The fourth-order valence-electron chi connectivity index (χ4n) is 7.47. The van der Waals surface area contributed by atoms with Crippen LogP contribution in [0.5, 0.6) is 0 Å². The van der Waals surface area contributed by atoms with Crippen molar-refractivity contribution in [3.05, 3.63) is 0 Å². The molecule has 0 heterocycles. The molecule has 0 unspecified atom stereocenters. The smallest absolute Gasteiger partial charge is 0.245 e. The monoisotopic (exact) mass is 910 g/mol. The lowest BCUT2D eigenvalue weighted by Gasteiger charge is -2.38. The molecule has 0 bridgehead atoms. The fourth-order valence-corrected chi connectivity index (χ4v) is 7.47. The molecule has 0 aliphatic carbocycles. The van der Waals surface area contributed by atoms with Crippen molar-refractivity contribution in [2.45, 2.75) is 176 Å². The van der Waals surface area contributed by atoms with Crippen molar-refractivity contribution in [1.82, 2.24) is 45.8 Å². The van der Waals surface area contributed by atoms with Crippen LogP contribution in [0.15, 0.2) is 0 Å². The van der Waals surface area contributed by atoms with Gasteiger partial charge in [-0.25, -0.2) is 0 Å². The standard InChI is InChI=1S/C46H87N9O9/c1-19-22-37(56)51(15)33(23-24-55(20-2)21-3)44(62)54(18)36(27-46(12,13)64)42(60)50-38(30(8)9)45(63)53(17)35(26-29(6)7)41(59)48-31(10)39(57)49-32(11)43(61)52(16)34(25-28(4)5)40(58)47-14/h28-36,38,64H,19-27H2,1-18H3,(H,47,58)(H,48,59)(H,49,57)(H,50,60)/t31-,32+,33-,34-,35-,36-,38-/m0/s1. The van der Waals surface area contributed by atoms with E-state index in [1.807, 2.05) is 48.5 Å². The van der Waals surface area contributed by atoms with Crippen LogP contribution < -0.4 is 21.3 Å². The van der Waals surface area contributed by atoms with E-state index in [2.05, 4.69) is 26.2 Å². The highest BCUT2D eigenvalue weighted by molar-refractivity contribution is 5.97. The van der Waals surface area contributed by atoms with E-state index >= 15 is 0 Å². The summed E-state index contributed by atoms with van der Waals surface area (Å²) in [5.41, 5.74) is -1.42. The maximum absolute atomic E-state index is 14.4. The van der Waals surface area contributed by atoms with Crippen molar-refractivity contribution in [1.29, 1.82) is 0 Å². The number of rotatable bonds is 28. The molecule has 18 nitrogen and oxygen atoms in total. The first-order valence-corrected chi connectivity index (χ1v) is 23.1. The molecule has 18 heteroatoms. The Balaban J connectivity index is 6.52. The minimum Gasteiger partial charge on any atom is -0.390 e. The number of carbonyl (C=O) groups is 8. The van der Waals surface area contributed by atoms with E-state index in [0.29, 0.717) is 25.8 Å². The molecule has 0 aromatic rings. The van der Waals surface area contributed by atoms with Crippen molar-refractivity contribution in [2.24, 2.45) is 17.8 Å². The van der Waals surface area contributed by atoms with Crippen molar-refractivity contribution in [2.75, 3.05) is 54.9 Å². The van der Waals surface area contributed by atoms with Gasteiger partial charge >= 0.3 is 0 Å². The van der Waals surface area contributed by atoms with Gasteiger partial charge in [-0.2, -0.15) is 0 Å². The molecule has 0 aromatic heterocycles. The normalized spacial score (nSPS) is 15.0. The molecule has 0 aliphatic rings. The van der Waals surface area contributed by atoms with Gasteiger partial charge in [0.2, 0.25) is 47.3 Å². The summed E-state index contributed by atoms with van der Waals surface area (Å²) in [6.45, 7) is 25.0. The summed E-state index contributed by atoms with van der Waals surface area (Å²) in [6, 6.07) is -7.28. The van der Waals surface area contributed by atoms with Crippen LogP contribution in [-0.2, 0) is 38.4 Å². The Morgan fingerprint density at radius 1 is 0.562 bits per heavy atom. The van der Waals surface area contributed by atoms with Gasteiger partial charge in [0.15, 0.2) is 0 Å². The third-order valence-electron chi connectivity index (χ3n) is 11.6. The molecule has 0 rings (SSSR count). The van der Waals surface area contributed by atoms with E-state index in [1.165, 1.54) is 75.5 Å². The summed E-state index contributed by atoms with van der Waals surface area (Å²) < 4.78 is 0. The summed E-state index contributed by atoms with van der Waals surface area (Å²) in [6.07, 6.45) is 1.59. The highest BCUT2D eigenvalue weighted by Gasteiger charge is 2.41. The van der Waals surface area contributed by atoms with E-state index < -0.39 is 89.3 Å². The molecular weight excluding hydrogens is 823 g/mol. The van der Waals surface area contributed by atoms with Crippen LogP contribution in [0.2, 0.25) is 0 Å². The molecule has 5 N–H and O–H groups in total. The lowest BCUT2D eigenvalue weighted by Crippen LogP contribution is -2.61. The second-order valence-corrected chi connectivity index (χ2v) is 19.1. The summed E-state index contributed by atoms with van der Waals surface area (Å²) in [5.74, 6) is -4.53. The lowest BCUT2D eigenvalue weighted by molar-refractivity contribution is -0.150. The maximum atomic E-state index is 14.4. The highest BCUT2D eigenvalue weighted by atomic mass is 16.3. The zero-order valence-electron chi connectivity index (χ0n) is 42.6. The Hall–Kier alpha value is -4.32. The van der Waals surface area contributed by atoms with Gasteiger partial charge in [-0.1, -0.05) is 62.3 Å². The van der Waals surface area contributed by atoms with Gasteiger partial charge in [0.25, 0.3) is 0 Å². The summed E-state index contributed by atoms with van der Waals surface area (Å²) in [4.78, 5) is 117. The SMILES string of the molecule is CCCC(=O)N(C)[C@@H](CCN(CC)CC)C(=O)N(C)[C@@H](CC(C)(C)O)C(=O)N[C@H](C(=O)N(C)[C@@H](CC(C)C)C(=O)N[C@@H](C)C(=O)N[C@H](C)C(=O)N(C)[C@@H](CC(C)C)C(=O)NC)C(C)C. The zero-order chi connectivity index (χ0) is 50.0. The van der Waals surface area contributed by atoms with Gasteiger partial charge in [0.05, 0.1) is 5.60 Å². The molecule has 8 amide bonds. The van der Waals surface area contributed by atoms with Crippen LogP contribution in [0.1, 0.15) is 129 Å². The van der Waals surface area contributed by atoms with Crippen molar-refractivity contribution < 1.29 is 43.5 Å². The fraction of sp³-hybridized carbons (Fsp3) is 0.826. The quantitative estimate of drug-likeness (QED) is 0.0769. The first-order valence-electron chi connectivity index (χ1n) is 23.1. The summed E-state index contributed by atoms with van der Waals surface area (Å²) >= 11 is 0. The van der Waals surface area contributed by atoms with Crippen LogP contribution in [0.25, 0.3) is 0 Å². The number of hydrogen-bond acceptors (Lipinski definition) is 10. The number of nitrogens with one attached hydrogen (secondary N) is 4. The molecular formula is C46H87N9O9. The molecule has 64 heavy (non-hydrogen) atoms. The largest absolute Gasteiger partial charge is 0.390 e. The first-order chi connectivity index (χ1) is 29.5. The predicted octanol–water partition coefficient (Wildman–Crippen LogP) is 1.98. The van der Waals surface area contributed by atoms with Crippen LogP contribution >= 0.6 is 0 Å². The van der Waals surface area contributed by atoms with Gasteiger partial charge in [0.1, 0.15) is 42.3 Å². The first kappa shape index (κ1) is 59.7. The maximum Gasteiger partial charge on any atom is 0.245 e. The van der Waals surface area contributed by atoms with E-state index in [0.717, 1.165) is 13.1 Å². The van der Waals surface area contributed by atoms with Gasteiger partial charge in [-0.3, -0.25) is 38.4 Å². The van der Waals surface area contributed by atoms with Crippen LogP contribution in [0.3, 0.4) is 0 Å². The summed E-state index contributed by atoms with van der Waals surface area (Å²) in [7, 11) is 7.49. The van der Waals surface area contributed by atoms with Gasteiger partial charge in [-0.15, -0.1) is 0 Å². The number of aliphatic hydroxyl groups is 1. The number of carbonyl (C=O) groups excluding carboxylic acids is 8. The number of hydrogen-bond donors (Lipinski definition) is 5. The molecule has 0 saturated carbocycles. The van der Waals surface area contributed by atoms with Crippen LogP contribution in [0.4, 0.5) is 0 Å². The highest BCUT2D eigenvalue weighted by Crippen LogP contribution is 2.21. The Morgan fingerprint density at radius 2 is 1.02 bits per heavy atom. The Morgan fingerprint density at radius 3 is 1.45 bits per heavy atom. The third-order valence-corrected chi connectivity index (χ3v) is 11.6. The van der Waals surface area contributed by atoms with Crippen LogP contribution in [-0.4, -0.2) is 180 Å².